The van der Waals surface area contributed by atoms with E-state index in [1.165, 1.54) is 17.7 Å². The number of rotatable bonds is 6. The summed E-state index contributed by atoms with van der Waals surface area (Å²) in [5.74, 6) is -0.257. The van der Waals surface area contributed by atoms with Crippen LogP contribution < -0.4 is 0 Å². The zero-order valence-corrected chi connectivity index (χ0v) is 11.7. The highest BCUT2D eigenvalue weighted by Crippen LogP contribution is 2.06. The number of allylic oxidation sites excluding steroid dienone is 1. The maximum Gasteiger partial charge on any atom is 0.123 e. The molecular weight excluding hydrogens is 263 g/mol. The number of halogens is 1. The fourth-order valence-electron chi connectivity index (χ4n) is 1.79. The molecule has 2 nitrogen and oxygen atoms in total. The molecule has 0 aliphatic rings. The van der Waals surface area contributed by atoms with Gasteiger partial charge in [0.15, 0.2) is 0 Å². The second-order valence-corrected chi connectivity index (χ2v) is 4.61. The Bertz CT molecular complexity index is 625. The van der Waals surface area contributed by atoms with E-state index < -0.39 is 0 Å². The number of benzene rings is 2. The molecule has 0 saturated carbocycles. The summed E-state index contributed by atoms with van der Waals surface area (Å²) in [4.78, 5) is 0. The lowest BCUT2D eigenvalue weighted by atomic mass is 10.1. The molecule has 2 rings (SSSR count). The lowest BCUT2D eigenvalue weighted by Crippen LogP contribution is -1.86. The van der Waals surface area contributed by atoms with Crippen molar-refractivity contribution in [3.05, 3.63) is 83.7 Å². The molecule has 0 saturated heterocycles. The zero-order valence-electron chi connectivity index (χ0n) is 11.7. The highest BCUT2D eigenvalue weighted by Gasteiger charge is 1.92. The monoisotopic (exact) mass is 280 g/mol. The Balaban J connectivity index is 1.91. The third kappa shape index (κ3) is 5.15. The summed E-state index contributed by atoms with van der Waals surface area (Å²) in [6.45, 7) is 3.72. The number of hydrogen-bond acceptors (Lipinski definition) is 2. The van der Waals surface area contributed by atoms with Crippen LogP contribution in [0.3, 0.4) is 0 Å². The smallest absolute Gasteiger partial charge is 0.123 e. The first-order chi connectivity index (χ1) is 10.3. The Kier molecular flexibility index (Phi) is 5.59. The van der Waals surface area contributed by atoms with Gasteiger partial charge in [0.25, 0.3) is 0 Å². The lowest BCUT2D eigenvalue weighted by Gasteiger charge is -1.98. The van der Waals surface area contributed by atoms with E-state index in [1.54, 1.807) is 24.6 Å². The van der Waals surface area contributed by atoms with Crippen molar-refractivity contribution in [2.24, 2.45) is 10.2 Å². The van der Waals surface area contributed by atoms with Gasteiger partial charge in [-0.25, -0.2) is 4.39 Å². The molecule has 3 heteroatoms. The summed E-state index contributed by atoms with van der Waals surface area (Å²) in [6, 6.07) is 14.3. The summed E-state index contributed by atoms with van der Waals surface area (Å²) in [7, 11) is 0. The van der Waals surface area contributed by atoms with E-state index in [4.69, 9.17) is 0 Å². The molecule has 0 aliphatic heterocycles. The maximum atomic E-state index is 12.7. The normalized spacial score (nSPS) is 11.3. The number of hydrogen-bond donors (Lipinski definition) is 0. The van der Waals surface area contributed by atoms with Crippen LogP contribution in [-0.2, 0) is 6.42 Å². The van der Waals surface area contributed by atoms with Crippen molar-refractivity contribution in [1.82, 2.24) is 0 Å². The van der Waals surface area contributed by atoms with Crippen LogP contribution in [-0.4, -0.2) is 12.4 Å². The van der Waals surface area contributed by atoms with Crippen molar-refractivity contribution >= 4 is 12.4 Å². The van der Waals surface area contributed by atoms with Gasteiger partial charge in [-0.15, -0.1) is 6.58 Å². The van der Waals surface area contributed by atoms with Crippen molar-refractivity contribution in [1.29, 1.82) is 0 Å². The van der Waals surface area contributed by atoms with E-state index in [0.717, 1.165) is 24.0 Å². The molecular formula is C18H17FN2. The van der Waals surface area contributed by atoms with Crippen molar-refractivity contribution in [2.45, 2.75) is 12.8 Å². The van der Waals surface area contributed by atoms with Crippen LogP contribution in [0.4, 0.5) is 4.39 Å². The average Bonchev–Trinajstić information content (AvgIpc) is 2.52. The second-order valence-electron chi connectivity index (χ2n) is 4.61. The average molecular weight is 280 g/mol. The molecule has 0 aromatic heterocycles. The van der Waals surface area contributed by atoms with Gasteiger partial charge in [0.1, 0.15) is 5.82 Å². The number of nitrogens with zero attached hydrogens (tertiary/aromatic N) is 2. The summed E-state index contributed by atoms with van der Waals surface area (Å²) in [5, 5.41) is 7.93. The molecule has 0 heterocycles. The van der Waals surface area contributed by atoms with E-state index in [1.807, 2.05) is 18.2 Å². The Morgan fingerprint density at radius 3 is 1.90 bits per heavy atom. The van der Waals surface area contributed by atoms with Gasteiger partial charge in [-0.1, -0.05) is 42.5 Å². The highest BCUT2D eigenvalue weighted by atomic mass is 19.1. The van der Waals surface area contributed by atoms with Gasteiger partial charge in [-0.3, -0.25) is 0 Å². The fraction of sp³-hybridized carbons (Fsp3) is 0.111. The second kappa shape index (κ2) is 7.90. The van der Waals surface area contributed by atoms with Gasteiger partial charge >= 0.3 is 0 Å². The first-order valence-corrected chi connectivity index (χ1v) is 6.80. The topological polar surface area (TPSA) is 24.7 Å². The third-order valence-electron chi connectivity index (χ3n) is 2.97. The van der Waals surface area contributed by atoms with Crippen LogP contribution in [0.25, 0.3) is 0 Å². The van der Waals surface area contributed by atoms with Crippen LogP contribution >= 0.6 is 0 Å². The minimum atomic E-state index is -0.257. The lowest BCUT2D eigenvalue weighted by molar-refractivity contribution is 0.628. The van der Waals surface area contributed by atoms with Gasteiger partial charge in [-0.2, -0.15) is 10.2 Å². The third-order valence-corrected chi connectivity index (χ3v) is 2.97. The largest absolute Gasteiger partial charge is 0.207 e. The predicted molar refractivity (Wildman–Crippen MR) is 86.5 cm³/mol. The van der Waals surface area contributed by atoms with Gasteiger partial charge in [0.2, 0.25) is 0 Å². The zero-order chi connectivity index (χ0) is 14.9. The standard InChI is InChI=1S/C18H17FN2/c1-2-3-4-15-5-7-16(8-6-15)13-20-21-14-17-9-11-18(19)12-10-17/h2,5-14H,1,3-4H2. The Hall–Kier alpha value is -2.55. The Morgan fingerprint density at radius 2 is 1.38 bits per heavy atom. The van der Waals surface area contributed by atoms with E-state index >= 15 is 0 Å². The van der Waals surface area contributed by atoms with Crippen molar-refractivity contribution in [3.63, 3.8) is 0 Å². The molecule has 2 aromatic carbocycles. The summed E-state index contributed by atoms with van der Waals surface area (Å²) in [5.41, 5.74) is 3.09. The predicted octanol–water partition coefficient (Wildman–Crippen LogP) is 4.40. The first kappa shape index (κ1) is 14.9. The quantitative estimate of drug-likeness (QED) is 0.426. The van der Waals surface area contributed by atoms with Crippen molar-refractivity contribution in [2.75, 3.05) is 0 Å². The minimum absolute atomic E-state index is 0.257. The summed E-state index contributed by atoms with van der Waals surface area (Å²) < 4.78 is 12.7. The Labute approximate surface area is 124 Å². The molecule has 0 bridgehead atoms. The molecule has 0 atom stereocenters. The van der Waals surface area contributed by atoms with Crippen molar-refractivity contribution in [3.8, 4) is 0 Å². The van der Waals surface area contributed by atoms with E-state index in [0.29, 0.717) is 0 Å². The SMILES string of the molecule is C=CCCc1ccc(C=NN=Cc2ccc(F)cc2)cc1. The van der Waals surface area contributed by atoms with Crippen LogP contribution in [0.2, 0.25) is 0 Å². The van der Waals surface area contributed by atoms with Gasteiger partial charge in [-0.05, 0) is 41.7 Å². The van der Waals surface area contributed by atoms with Crippen LogP contribution in [0, 0.1) is 5.82 Å². The molecule has 2 aromatic rings. The van der Waals surface area contributed by atoms with Gasteiger partial charge < -0.3 is 0 Å². The summed E-state index contributed by atoms with van der Waals surface area (Å²) in [6.07, 6.45) is 7.18. The minimum Gasteiger partial charge on any atom is -0.207 e. The van der Waals surface area contributed by atoms with E-state index in [2.05, 4.69) is 28.9 Å². The first-order valence-electron chi connectivity index (χ1n) is 6.80. The Morgan fingerprint density at radius 1 is 0.857 bits per heavy atom. The molecule has 0 spiro atoms. The molecule has 0 amide bonds. The van der Waals surface area contributed by atoms with Crippen molar-refractivity contribution < 1.29 is 4.39 Å². The molecule has 0 aliphatic carbocycles. The van der Waals surface area contributed by atoms with E-state index in [9.17, 15) is 4.39 Å². The van der Waals surface area contributed by atoms with Gasteiger partial charge in [0.05, 0.1) is 12.4 Å². The van der Waals surface area contributed by atoms with Crippen LogP contribution in [0.1, 0.15) is 23.1 Å². The fourth-order valence-corrected chi connectivity index (χ4v) is 1.79. The highest BCUT2D eigenvalue weighted by molar-refractivity contribution is 5.82. The molecule has 0 radical (unpaired) electrons. The number of aryl methyl sites for hydroxylation is 1. The molecule has 0 fully saturated rings. The maximum absolute atomic E-state index is 12.7. The van der Waals surface area contributed by atoms with Gasteiger partial charge in [0, 0.05) is 0 Å². The molecule has 0 unspecified atom stereocenters. The molecule has 0 N–H and O–H groups in total. The van der Waals surface area contributed by atoms with Crippen LogP contribution in [0.5, 0.6) is 0 Å². The van der Waals surface area contributed by atoms with Crippen LogP contribution in [0.15, 0.2) is 71.4 Å². The van der Waals surface area contributed by atoms with E-state index in [-0.39, 0.29) is 5.82 Å². The molecule has 21 heavy (non-hydrogen) atoms. The summed E-state index contributed by atoms with van der Waals surface area (Å²) >= 11 is 0. The molecule has 106 valence electrons.